The van der Waals surface area contributed by atoms with Gasteiger partial charge in [0, 0.05) is 19.5 Å². The summed E-state index contributed by atoms with van der Waals surface area (Å²) < 4.78 is 0. The fourth-order valence-corrected chi connectivity index (χ4v) is 4.71. The largest absolute Gasteiger partial charge is 0.506 e. The molecule has 0 aliphatic carbocycles. The number of benzene rings is 1. The van der Waals surface area contributed by atoms with Gasteiger partial charge in [-0.25, -0.2) is 5.43 Å². The van der Waals surface area contributed by atoms with Crippen LogP contribution in [-0.2, 0) is 0 Å². The minimum Gasteiger partial charge on any atom is -0.506 e. The van der Waals surface area contributed by atoms with E-state index in [0.29, 0.717) is 36.0 Å². The first-order valence-electron chi connectivity index (χ1n) is 8.61. The van der Waals surface area contributed by atoms with Crippen LogP contribution in [0.5, 0.6) is 5.75 Å². The highest BCUT2D eigenvalue weighted by Gasteiger charge is 2.17. The number of thiophene rings is 2. The highest BCUT2D eigenvalue weighted by molar-refractivity contribution is 7.16. The van der Waals surface area contributed by atoms with Crippen LogP contribution in [0, 0.1) is 0 Å². The van der Waals surface area contributed by atoms with Crippen molar-refractivity contribution in [3.63, 3.8) is 0 Å². The number of hydrogen-bond acceptors (Lipinski definition) is 6. The zero-order valence-corrected chi connectivity index (χ0v) is 19.3. The van der Waals surface area contributed by atoms with E-state index in [9.17, 15) is 14.7 Å². The van der Waals surface area contributed by atoms with Crippen LogP contribution in [-0.4, -0.2) is 41.6 Å². The third-order valence-electron chi connectivity index (χ3n) is 4.11. The second-order valence-corrected chi connectivity index (χ2v) is 9.24. The van der Waals surface area contributed by atoms with E-state index in [2.05, 4.69) is 10.5 Å². The quantitative estimate of drug-likeness (QED) is 0.380. The highest BCUT2D eigenvalue weighted by atomic mass is 35.5. The molecule has 0 saturated heterocycles. The second kappa shape index (κ2) is 9.18. The van der Waals surface area contributed by atoms with Gasteiger partial charge in [0.1, 0.15) is 5.75 Å². The number of aromatic hydroxyl groups is 1. The van der Waals surface area contributed by atoms with E-state index in [0.717, 1.165) is 16.9 Å². The number of hydrazone groups is 1. The molecule has 0 radical (unpaired) electrons. The van der Waals surface area contributed by atoms with Gasteiger partial charge < -0.3 is 10.0 Å². The van der Waals surface area contributed by atoms with Crippen molar-refractivity contribution in [3.05, 3.63) is 61.1 Å². The zero-order valence-electron chi connectivity index (χ0n) is 16.2. The summed E-state index contributed by atoms with van der Waals surface area (Å²) >= 11 is 14.4. The number of carbonyl (C=O) groups excluding carboxylic acids is 2. The van der Waals surface area contributed by atoms with E-state index in [-0.39, 0.29) is 11.7 Å². The van der Waals surface area contributed by atoms with Gasteiger partial charge in [-0.15, -0.1) is 22.7 Å². The van der Waals surface area contributed by atoms with Crippen LogP contribution in [0.4, 0.5) is 0 Å². The molecular formula is C20H17Cl2N3O3S2. The summed E-state index contributed by atoms with van der Waals surface area (Å²) in [4.78, 5) is 27.2. The van der Waals surface area contributed by atoms with Crippen molar-refractivity contribution >= 4 is 63.4 Å². The predicted octanol–water partition coefficient (Wildman–Crippen LogP) is 5.34. The van der Waals surface area contributed by atoms with Crippen molar-refractivity contribution in [2.45, 2.75) is 6.92 Å². The molecule has 0 unspecified atom stereocenters. The Balaban J connectivity index is 1.76. The number of hydrogen-bond donors (Lipinski definition) is 2. The molecule has 0 aliphatic rings. The van der Waals surface area contributed by atoms with Crippen LogP contribution < -0.4 is 5.43 Å². The van der Waals surface area contributed by atoms with Gasteiger partial charge in [0.25, 0.3) is 11.8 Å². The Labute approximate surface area is 191 Å². The lowest BCUT2D eigenvalue weighted by molar-refractivity contribution is 0.0832. The maximum absolute atomic E-state index is 12.3. The first kappa shape index (κ1) is 22.3. The summed E-state index contributed by atoms with van der Waals surface area (Å²) in [6, 6.07) is 8.28. The molecule has 30 heavy (non-hydrogen) atoms. The summed E-state index contributed by atoms with van der Waals surface area (Å²) in [6.07, 6.45) is 0. The Morgan fingerprint density at radius 2 is 1.80 bits per heavy atom. The normalized spacial score (nSPS) is 11.4. The zero-order chi connectivity index (χ0) is 22.0. The second-order valence-electron chi connectivity index (χ2n) is 6.46. The molecule has 0 bridgehead atoms. The molecule has 0 spiro atoms. The van der Waals surface area contributed by atoms with Gasteiger partial charge in [0.15, 0.2) is 0 Å². The predicted molar refractivity (Wildman–Crippen MR) is 123 cm³/mol. The number of nitrogens with one attached hydrogen (secondary N) is 1. The lowest BCUT2D eigenvalue weighted by Gasteiger charge is -2.07. The Morgan fingerprint density at radius 3 is 2.47 bits per heavy atom. The van der Waals surface area contributed by atoms with Gasteiger partial charge in [-0.3, -0.25) is 9.59 Å². The fourth-order valence-electron chi connectivity index (χ4n) is 2.50. The van der Waals surface area contributed by atoms with E-state index < -0.39 is 5.91 Å². The molecular weight excluding hydrogens is 465 g/mol. The summed E-state index contributed by atoms with van der Waals surface area (Å²) in [5.41, 5.74) is 4.12. The van der Waals surface area contributed by atoms with Crippen molar-refractivity contribution in [2.75, 3.05) is 14.1 Å². The van der Waals surface area contributed by atoms with E-state index in [1.165, 1.54) is 16.2 Å². The van der Waals surface area contributed by atoms with Crippen molar-refractivity contribution < 1.29 is 14.7 Å². The summed E-state index contributed by atoms with van der Waals surface area (Å²) in [5.74, 6) is -0.558. The molecule has 0 saturated carbocycles. The molecule has 0 aliphatic heterocycles. The fraction of sp³-hybridized carbons (Fsp3) is 0.150. The van der Waals surface area contributed by atoms with Crippen LogP contribution in [0.2, 0.25) is 10.0 Å². The number of halogens is 2. The van der Waals surface area contributed by atoms with Crippen LogP contribution >= 0.6 is 45.9 Å². The molecule has 2 aromatic heterocycles. The van der Waals surface area contributed by atoms with Gasteiger partial charge in [-0.1, -0.05) is 29.3 Å². The third-order valence-corrected chi connectivity index (χ3v) is 6.94. The molecule has 10 heteroatoms. The van der Waals surface area contributed by atoms with Crippen molar-refractivity contribution in [2.24, 2.45) is 5.10 Å². The van der Waals surface area contributed by atoms with Gasteiger partial charge in [-0.05, 0) is 36.8 Å². The van der Waals surface area contributed by atoms with Crippen molar-refractivity contribution in [1.29, 1.82) is 0 Å². The lowest BCUT2D eigenvalue weighted by atomic mass is 10.1. The molecule has 3 rings (SSSR count). The Kier molecular flexibility index (Phi) is 6.82. The molecule has 6 nitrogen and oxygen atoms in total. The van der Waals surface area contributed by atoms with E-state index in [4.69, 9.17) is 23.2 Å². The monoisotopic (exact) mass is 481 g/mol. The maximum Gasteiger partial charge on any atom is 0.281 e. The summed E-state index contributed by atoms with van der Waals surface area (Å²) in [7, 11) is 3.30. The topological polar surface area (TPSA) is 82.0 Å². The van der Waals surface area contributed by atoms with Gasteiger partial charge >= 0.3 is 0 Å². The molecule has 1 aromatic carbocycles. The standard InChI is InChI=1S/C20H17Cl2N3O3S2/c1-10(23-24-19(27)15-6-7-16(30-15)20(28)25(2)3)12-9-29-18(17(12)26)11-4-5-13(21)14(22)8-11/h4-9,26H,1-3H3,(H,24,27). The number of carbonyl (C=O) groups is 2. The minimum absolute atomic E-state index is 0.0453. The van der Waals surface area contributed by atoms with Crippen molar-refractivity contribution in [1.82, 2.24) is 10.3 Å². The molecule has 0 atom stereocenters. The average Bonchev–Trinajstić information content (AvgIpc) is 3.34. The van der Waals surface area contributed by atoms with Gasteiger partial charge in [-0.2, -0.15) is 5.10 Å². The van der Waals surface area contributed by atoms with Crippen molar-refractivity contribution in [3.8, 4) is 16.2 Å². The average molecular weight is 482 g/mol. The lowest BCUT2D eigenvalue weighted by Crippen LogP contribution is -2.20. The van der Waals surface area contributed by atoms with E-state index in [1.54, 1.807) is 56.7 Å². The molecule has 156 valence electrons. The molecule has 2 heterocycles. The van der Waals surface area contributed by atoms with Crippen LogP contribution in [0.25, 0.3) is 10.4 Å². The van der Waals surface area contributed by atoms with Crippen LogP contribution in [0.3, 0.4) is 0 Å². The molecule has 2 N–H and O–H groups in total. The Bertz CT molecular complexity index is 1150. The molecule has 3 aromatic rings. The van der Waals surface area contributed by atoms with Crippen LogP contribution in [0.1, 0.15) is 31.8 Å². The first-order valence-corrected chi connectivity index (χ1v) is 11.1. The smallest absolute Gasteiger partial charge is 0.281 e. The molecule has 0 fully saturated rings. The van der Waals surface area contributed by atoms with E-state index in [1.807, 2.05) is 0 Å². The van der Waals surface area contributed by atoms with Gasteiger partial charge in [0.05, 0.1) is 36.0 Å². The van der Waals surface area contributed by atoms with E-state index >= 15 is 0 Å². The summed E-state index contributed by atoms with van der Waals surface area (Å²) in [6.45, 7) is 1.68. The highest BCUT2D eigenvalue weighted by Crippen LogP contribution is 2.40. The first-order chi connectivity index (χ1) is 14.2. The van der Waals surface area contributed by atoms with Gasteiger partial charge in [0.2, 0.25) is 0 Å². The summed E-state index contributed by atoms with van der Waals surface area (Å²) in [5, 5.41) is 17.3. The Hall–Kier alpha value is -2.39. The maximum atomic E-state index is 12.3. The number of amides is 2. The SMILES string of the molecule is CC(=NNC(=O)c1ccc(C(=O)N(C)C)s1)c1csc(-c2ccc(Cl)c(Cl)c2)c1O. The number of rotatable bonds is 5. The molecule has 2 amide bonds. The minimum atomic E-state index is -0.434. The third kappa shape index (κ3) is 4.67. The number of nitrogens with zero attached hydrogens (tertiary/aromatic N) is 2. The Morgan fingerprint density at radius 1 is 1.10 bits per heavy atom. The van der Waals surface area contributed by atoms with Crippen LogP contribution in [0.15, 0.2) is 40.8 Å².